The first-order chi connectivity index (χ1) is 10.6. The van der Waals surface area contributed by atoms with E-state index in [9.17, 15) is 9.18 Å². The second-order valence-corrected chi connectivity index (χ2v) is 5.21. The van der Waals surface area contributed by atoms with Gasteiger partial charge in [0.1, 0.15) is 11.6 Å². The number of hydrogen-bond donors (Lipinski definition) is 2. The number of halogens is 1. The normalized spacial score (nSPS) is 10.8. The zero-order chi connectivity index (χ0) is 15.5. The SMILES string of the molecule is Nc1cc(=O)[nH]c(SCc2nnnn2-c2ccc(F)cc2)n1. The van der Waals surface area contributed by atoms with E-state index in [-0.39, 0.29) is 17.2 Å². The van der Waals surface area contributed by atoms with Crippen LogP contribution in [0.5, 0.6) is 0 Å². The Morgan fingerprint density at radius 3 is 2.82 bits per heavy atom. The third-order valence-corrected chi connectivity index (χ3v) is 3.55. The van der Waals surface area contributed by atoms with Crippen molar-refractivity contribution in [1.82, 2.24) is 30.2 Å². The summed E-state index contributed by atoms with van der Waals surface area (Å²) in [6, 6.07) is 6.99. The first-order valence-electron chi connectivity index (χ1n) is 6.14. The fourth-order valence-electron chi connectivity index (χ4n) is 1.73. The van der Waals surface area contributed by atoms with E-state index in [1.165, 1.54) is 34.6 Å². The number of nitrogens with zero attached hydrogens (tertiary/aromatic N) is 5. The molecule has 3 N–H and O–H groups in total. The van der Waals surface area contributed by atoms with Crippen molar-refractivity contribution in [2.24, 2.45) is 0 Å². The Balaban J connectivity index is 1.80. The molecule has 3 aromatic rings. The minimum Gasteiger partial charge on any atom is -0.383 e. The van der Waals surface area contributed by atoms with Crippen LogP contribution in [0, 0.1) is 5.82 Å². The van der Waals surface area contributed by atoms with E-state index in [2.05, 4.69) is 25.5 Å². The van der Waals surface area contributed by atoms with Crippen LogP contribution < -0.4 is 11.3 Å². The molecule has 0 radical (unpaired) electrons. The van der Waals surface area contributed by atoms with Crippen LogP contribution in [0.25, 0.3) is 5.69 Å². The quantitative estimate of drug-likeness (QED) is 0.538. The average molecular weight is 319 g/mol. The third kappa shape index (κ3) is 3.11. The smallest absolute Gasteiger partial charge is 0.253 e. The molecular weight excluding hydrogens is 309 g/mol. The molecule has 0 bridgehead atoms. The van der Waals surface area contributed by atoms with Gasteiger partial charge in [-0.25, -0.2) is 9.37 Å². The highest BCUT2D eigenvalue weighted by Gasteiger charge is 2.10. The molecule has 0 aliphatic carbocycles. The number of tetrazole rings is 1. The monoisotopic (exact) mass is 319 g/mol. The van der Waals surface area contributed by atoms with E-state index in [0.717, 1.165) is 0 Å². The molecule has 3 rings (SSSR count). The van der Waals surface area contributed by atoms with Gasteiger partial charge in [0.15, 0.2) is 11.0 Å². The van der Waals surface area contributed by atoms with Gasteiger partial charge >= 0.3 is 0 Å². The van der Waals surface area contributed by atoms with Crippen LogP contribution in [-0.2, 0) is 5.75 Å². The van der Waals surface area contributed by atoms with Gasteiger partial charge in [0, 0.05) is 6.07 Å². The molecule has 1 aromatic carbocycles. The number of thioether (sulfide) groups is 1. The Hall–Kier alpha value is -2.75. The van der Waals surface area contributed by atoms with Crippen molar-refractivity contribution >= 4 is 17.6 Å². The summed E-state index contributed by atoms with van der Waals surface area (Å²) in [5, 5.41) is 11.8. The van der Waals surface area contributed by atoms with Crippen LogP contribution in [0.1, 0.15) is 5.82 Å². The molecule has 0 atom stereocenters. The largest absolute Gasteiger partial charge is 0.383 e. The van der Waals surface area contributed by atoms with Crippen LogP contribution in [0.4, 0.5) is 10.2 Å². The number of anilines is 1. The van der Waals surface area contributed by atoms with Crippen LogP contribution in [0.3, 0.4) is 0 Å². The first kappa shape index (κ1) is 14.2. The topological polar surface area (TPSA) is 115 Å². The molecule has 0 saturated carbocycles. The van der Waals surface area contributed by atoms with E-state index in [1.54, 1.807) is 12.1 Å². The van der Waals surface area contributed by atoms with Crippen molar-refractivity contribution in [3.63, 3.8) is 0 Å². The third-order valence-electron chi connectivity index (χ3n) is 2.68. The summed E-state index contributed by atoms with van der Waals surface area (Å²) in [5.41, 5.74) is 5.83. The summed E-state index contributed by atoms with van der Waals surface area (Å²) in [7, 11) is 0. The molecule has 0 fully saturated rings. The lowest BCUT2D eigenvalue weighted by Gasteiger charge is -2.04. The summed E-state index contributed by atoms with van der Waals surface area (Å²) in [6.07, 6.45) is 0. The first-order valence-corrected chi connectivity index (χ1v) is 7.13. The molecule has 22 heavy (non-hydrogen) atoms. The Morgan fingerprint density at radius 2 is 2.09 bits per heavy atom. The number of rotatable bonds is 4. The van der Waals surface area contributed by atoms with Crippen molar-refractivity contribution in [2.45, 2.75) is 10.9 Å². The van der Waals surface area contributed by atoms with E-state index in [4.69, 9.17) is 5.73 Å². The van der Waals surface area contributed by atoms with Crippen molar-refractivity contribution in [1.29, 1.82) is 0 Å². The van der Waals surface area contributed by atoms with Crippen LogP contribution in [0.2, 0.25) is 0 Å². The molecule has 0 amide bonds. The zero-order valence-electron chi connectivity index (χ0n) is 11.1. The van der Waals surface area contributed by atoms with Gasteiger partial charge in [-0.2, -0.15) is 4.68 Å². The number of hydrogen-bond acceptors (Lipinski definition) is 7. The summed E-state index contributed by atoms with van der Waals surface area (Å²) in [6.45, 7) is 0. The Morgan fingerprint density at radius 1 is 1.32 bits per heavy atom. The van der Waals surface area contributed by atoms with Gasteiger partial charge in [-0.05, 0) is 34.7 Å². The second-order valence-electron chi connectivity index (χ2n) is 4.25. The second kappa shape index (κ2) is 5.93. The lowest BCUT2D eigenvalue weighted by molar-refractivity contribution is 0.626. The summed E-state index contributed by atoms with van der Waals surface area (Å²) in [5.74, 6) is 0.692. The average Bonchev–Trinajstić information content (AvgIpc) is 2.93. The van der Waals surface area contributed by atoms with E-state index in [0.29, 0.717) is 22.4 Å². The Labute approximate surface area is 127 Å². The number of nitrogen functional groups attached to an aromatic ring is 1. The number of aromatic amines is 1. The van der Waals surface area contributed by atoms with Gasteiger partial charge in [-0.15, -0.1) is 5.10 Å². The maximum atomic E-state index is 13.0. The van der Waals surface area contributed by atoms with Gasteiger partial charge in [-0.1, -0.05) is 11.8 Å². The van der Waals surface area contributed by atoms with Crippen LogP contribution in [-0.4, -0.2) is 30.2 Å². The van der Waals surface area contributed by atoms with Gasteiger partial charge in [0.25, 0.3) is 5.56 Å². The molecule has 0 unspecified atom stereocenters. The molecule has 112 valence electrons. The zero-order valence-corrected chi connectivity index (χ0v) is 11.9. The Kier molecular flexibility index (Phi) is 3.83. The van der Waals surface area contributed by atoms with Gasteiger partial charge < -0.3 is 10.7 Å². The number of nitrogens with two attached hydrogens (primary N) is 1. The fourth-order valence-corrected chi connectivity index (χ4v) is 2.52. The summed E-state index contributed by atoms with van der Waals surface area (Å²) in [4.78, 5) is 17.9. The maximum absolute atomic E-state index is 13.0. The maximum Gasteiger partial charge on any atom is 0.253 e. The summed E-state index contributed by atoms with van der Waals surface area (Å²) >= 11 is 1.23. The van der Waals surface area contributed by atoms with Crippen molar-refractivity contribution in [3.05, 3.63) is 52.3 Å². The molecule has 0 spiro atoms. The minimum atomic E-state index is -0.339. The number of H-pyrrole nitrogens is 1. The molecule has 2 heterocycles. The summed E-state index contributed by atoms with van der Waals surface area (Å²) < 4.78 is 14.4. The minimum absolute atomic E-state index is 0.143. The van der Waals surface area contributed by atoms with E-state index in [1.807, 2.05) is 0 Å². The molecular formula is C12H10FN7OS. The standard InChI is InChI=1S/C12H10FN7OS/c13-7-1-3-8(4-2-7)20-10(17-18-19-20)6-22-12-15-9(14)5-11(21)16-12/h1-5H,6H2,(H3,14,15,16,21). The molecule has 0 aliphatic heterocycles. The van der Waals surface area contributed by atoms with Gasteiger partial charge in [0.05, 0.1) is 11.4 Å². The molecule has 2 aromatic heterocycles. The highest BCUT2D eigenvalue weighted by Crippen LogP contribution is 2.19. The van der Waals surface area contributed by atoms with Crippen LogP contribution >= 0.6 is 11.8 Å². The van der Waals surface area contributed by atoms with Crippen molar-refractivity contribution < 1.29 is 4.39 Å². The van der Waals surface area contributed by atoms with E-state index >= 15 is 0 Å². The number of aromatic nitrogens is 6. The number of nitrogens with one attached hydrogen (secondary N) is 1. The highest BCUT2D eigenvalue weighted by atomic mass is 32.2. The van der Waals surface area contributed by atoms with Gasteiger partial charge in [-0.3, -0.25) is 4.79 Å². The lowest BCUT2D eigenvalue weighted by Crippen LogP contribution is -2.10. The van der Waals surface area contributed by atoms with Crippen LogP contribution in [0.15, 0.2) is 40.3 Å². The van der Waals surface area contributed by atoms with Crippen molar-refractivity contribution in [3.8, 4) is 5.69 Å². The fraction of sp³-hybridized carbons (Fsp3) is 0.0833. The molecule has 8 nitrogen and oxygen atoms in total. The molecule has 0 aliphatic rings. The predicted molar refractivity (Wildman–Crippen MR) is 77.9 cm³/mol. The molecule has 0 saturated heterocycles. The van der Waals surface area contributed by atoms with Crippen molar-refractivity contribution in [2.75, 3.05) is 5.73 Å². The number of benzene rings is 1. The lowest BCUT2D eigenvalue weighted by atomic mass is 10.3. The van der Waals surface area contributed by atoms with E-state index < -0.39 is 0 Å². The Bertz CT molecular complexity index is 845. The highest BCUT2D eigenvalue weighted by molar-refractivity contribution is 7.98. The van der Waals surface area contributed by atoms with Gasteiger partial charge in [0.2, 0.25) is 0 Å². The predicted octanol–water partition coefficient (Wildman–Crippen LogP) is 0.759. The molecule has 10 heteroatoms.